The van der Waals surface area contributed by atoms with Gasteiger partial charge in [-0.05, 0) is 31.5 Å². The van der Waals surface area contributed by atoms with Crippen molar-refractivity contribution in [3.8, 4) is 6.07 Å². The number of ether oxygens (including phenoxy) is 1. The number of rotatable bonds is 5. The summed E-state index contributed by atoms with van der Waals surface area (Å²) in [6.07, 6.45) is 0. The van der Waals surface area contributed by atoms with Crippen LogP contribution in [0.15, 0.2) is 29.8 Å². The lowest BCUT2D eigenvalue weighted by Crippen LogP contribution is -2.21. The Labute approximate surface area is 119 Å². The molecule has 1 aromatic rings. The van der Waals surface area contributed by atoms with Crippen molar-refractivity contribution in [1.29, 1.82) is 5.26 Å². The Hall–Kier alpha value is -2.48. The Morgan fingerprint density at radius 3 is 2.25 bits per heavy atom. The molecule has 1 rings (SSSR count). The normalized spacial score (nSPS) is 11.3. The molecule has 0 bridgehead atoms. The average molecular weight is 273 g/mol. The van der Waals surface area contributed by atoms with Crippen LogP contribution in [0.2, 0.25) is 0 Å². The molecular weight excluding hydrogens is 254 g/mol. The van der Waals surface area contributed by atoms with Crippen molar-refractivity contribution >= 4 is 17.4 Å². The largest absolute Gasteiger partial charge is 0.465 e. The first kappa shape index (κ1) is 15.6. The van der Waals surface area contributed by atoms with Crippen molar-refractivity contribution in [2.45, 2.75) is 13.8 Å². The van der Waals surface area contributed by atoms with E-state index in [1.165, 1.54) is 7.11 Å². The highest BCUT2D eigenvalue weighted by molar-refractivity contribution is 6.00. The summed E-state index contributed by atoms with van der Waals surface area (Å²) in [5.41, 5.74) is 7.51. The average Bonchev–Trinajstić information content (AvgIpc) is 2.49. The monoisotopic (exact) mass is 273 g/mol. The quantitative estimate of drug-likeness (QED) is 0.503. The van der Waals surface area contributed by atoms with E-state index in [-0.39, 0.29) is 11.3 Å². The molecule has 0 radical (unpaired) electrons. The van der Waals surface area contributed by atoms with Crippen LogP contribution < -0.4 is 10.6 Å². The summed E-state index contributed by atoms with van der Waals surface area (Å²) >= 11 is 0. The summed E-state index contributed by atoms with van der Waals surface area (Å²) in [6.45, 7) is 5.98. The summed E-state index contributed by atoms with van der Waals surface area (Å²) < 4.78 is 4.54. The Morgan fingerprint density at radius 1 is 1.30 bits per heavy atom. The van der Waals surface area contributed by atoms with Crippen LogP contribution in [0.25, 0.3) is 5.70 Å². The molecule has 0 aliphatic rings. The maximum Gasteiger partial charge on any atom is 0.350 e. The van der Waals surface area contributed by atoms with Gasteiger partial charge in [-0.25, -0.2) is 4.79 Å². The van der Waals surface area contributed by atoms with E-state index >= 15 is 0 Å². The van der Waals surface area contributed by atoms with Gasteiger partial charge in [-0.2, -0.15) is 5.26 Å². The summed E-state index contributed by atoms with van der Waals surface area (Å²) in [5.74, 6) is -0.724. The summed E-state index contributed by atoms with van der Waals surface area (Å²) in [7, 11) is 1.22. The third-order valence-corrected chi connectivity index (χ3v) is 3.08. The second-order valence-electron chi connectivity index (χ2n) is 4.11. The van der Waals surface area contributed by atoms with Crippen molar-refractivity contribution < 1.29 is 9.53 Å². The van der Waals surface area contributed by atoms with Crippen molar-refractivity contribution in [1.82, 2.24) is 0 Å². The maximum absolute atomic E-state index is 11.4. The van der Waals surface area contributed by atoms with E-state index in [1.54, 1.807) is 18.2 Å². The molecule has 0 spiro atoms. The van der Waals surface area contributed by atoms with Crippen LogP contribution in [0.1, 0.15) is 19.4 Å². The zero-order chi connectivity index (χ0) is 15.1. The number of methoxy groups -OCH3 is 1. The maximum atomic E-state index is 11.4. The number of nitrogens with two attached hydrogens (primary N) is 1. The number of benzene rings is 1. The van der Waals surface area contributed by atoms with Gasteiger partial charge in [0.1, 0.15) is 6.07 Å². The molecule has 0 heterocycles. The van der Waals surface area contributed by atoms with Crippen LogP contribution in [-0.4, -0.2) is 26.2 Å². The Morgan fingerprint density at radius 2 is 1.85 bits per heavy atom. The Kier molecular flexibility index (Phi) is 5.60. The molecule has 0 unspecified atom stereocenters. The van der Waals surface area contributed by atoms with Crippen molar-refractivity contribution in [3.63, 3.8) is 0 Å². The minimum absolute atomic E-state index is 0.130. The summed E-state index contributed by atoms with van der Waals surface area (Å²) in [6, 6.07) is 9.21. The molecule has 0 amide bonds. The van der Waals surface area contributed by atoms with Crippen LogP contribution >= 0.6 is 0 Å². The number of carbonyl (C=O) groups is 1. The predicted octanol–water partition coefficient (Wildman–Crippen LogP) is 1.90. The van der Waals surface area contributed by atoms with Crippen molar-refractivity contribution in [3.05, 3.63) is 35.4 Å². The first-order chi connectivity index (χ1) is 9.58. The molecule has 5 heteroatoms. The predicted molar refractivity (Wildman–Crippen MR) is 78.7 cm³/mol. The molecule has 1 aromatic carbocycles. The number of hydrogen-bond acceptors (Lipinski definition) is 5. The van der Waals surface area contributed by atoms with Gasteiger partial charge < -0.3 is 15.4 Å². The Balaban J connectivity index is 3.13. The fourth-order valence-electron chi connectivity index (χ4n) is 1.90. The lowest BCUT2D eigenvalue weighted by atomic mass is 10.1. The second-order valence-corrected chi connectivity index (χ2v) is 4.11. The molecule has 106 valence electrons. The molecule has 0 saturated carbocycles. The van der Waals surface area contributed by atoms with Gasteiger partial charge in [0.15, 0.2) is 5.57 Å². The molecule has 0 aromatic heterocycles. The lowest BCUT2D eigenvalue weighted by molar-refractivity contribution is -0.135. The van der Waals surface area contributed by atoms with Gasteiger partial charge in [0.2, 0.25) is 0 Å². The first-order valence-corrected chi connectivity index (χ1v) is 6.42. The van der Waals surface area contributed by atoms with Gasteiger partial charge in [0.05, 0.1) is 12.8 Å². The number of esters is 1. The third-order valence-electron chi connectivity index (χ3n) is 3.08. The fourth-order valence-corrected chi connectivity index (χ4v) is 1.90. The highest BCUT2D eigenvalue weighted by Gasteiger charge is 2.15. The van der Waals surface area contributed by atoms with Gasteiger partial charge >= 0.3 is 5.97 Å². The van der Waals surface area contributed by atoms with Gasteiger partial charge in [-0.15, -0.1) is 0 Å². The van der Waals surface area contributed by atoms with Crippen LogP contribution in [0.3, 0.4) is 0 Å². The zero-order valence-electron chi connectivity index (χ0n) is 12.0. The van der Waals surface area contributed by atoms with Crippen molar-refractivity contribution in [2.24, 2.45) is 5.73 Å². The van der Waals surface area contributed by atoms with E-state index < -0.39 is 5.97 Å². The molecule has 0 aliphatic carbocycles. The fraction of sp³-hybridized carbons (Fsp3) is 0.333. The molecule has 0 aliphatic heterocycles. The van der Waals surface area contributed by atoms with Gasteiger partial charge in [0, 0.05) is 18.8 Å². The van der Waals surface area contributed by atoms with Gasteiger partial charge in [0.25, 0.3) is 0 Å². The molecule has 0 saturated heterocycles. The standard InChI is InChI=1S/C15H19N3O2/c1-4-18(5-2)12-8-6-11(7-9-12)14(17)13(10-16)15(19)20-3/h6-9H,4-5,17H2,1-3H3/b14-13-. The lowest BCUT2D eigenvalue weighted by Gasteiger charge is -2.21. The number of nitrogens with zero attached hydrogens (tertiary/aromatic N) is 2. The Bertz CT molecular complexity index is 537. The minimum atomic E-state index is -0.724. The first-order valence-electron chi connectivity index (χ1n) is 6.42. The SMILES string of the molecule is CCN(CC)c1ccc(/C(N)=C(\C#N)C(=O)OC)cc1. The third kappa shape index (κ3) is 3.29. The van der Waals surface area contributed by atoms with E-state index in [0.29, 0.717) is 5.56 Å². The zero-order valence-corrected chi connectivity index (χ0v) is 12.0. The number of carbonyl (C=O) groups excluding carboxylic acids is 1. The van der Waals surface area contributed by atoms with E-state index in [1.807, 2.05) is 12.1 Å². The topological polar surface area (TPSA) is 79.4 Å². The van der Waals surface area contributed by atoms with Crippen LogP contribution in [-0.2, 0) is 9.53 Å². The van der Waals surface area contributed by atoms with Gasteiger partial charge in [-0.1, -0.05) is 12.1 Å². The smallest absolute Gasteiger partial charge is 0.350 e. The molecule has 20 heavy (non-hydrogen) atoms. The minimum Gasteiger partial charge on any atom is -0.465 e. The van der Waals surface area contributed by atoms with E-state index in [0.717, 1.165) is 18.8 Å². The molecule has 0 atom stereocenters. The second kappa shape index (κ2) is 7.19. The molecule has 2 N–H and O–H groups in total. The summed E-state index contributed by atoms with van der Waals surface area (Å²) in [5, 5.41) is 8.98. The molecule has 5 nitrogen and oxygen atoms in total. The van der Waals surface area contributed by atoms with Gasteiger partial charge in [-0.3, -0.25) is 0 Å². The van der Waals surface area contributed by atoms with Crippen LogP contribution in [0, 0.1) is 11.3 Å². The van der Waals surface area contributed by atoms with Crippen LogP contribution in [0.5, 0.6) is 0 Å². The van der Waals surface area contributed by atoms with Crippen LogP contribution in [0.4, 0.5) is 5.69 Å². The summed E-state index contributed by atoms with van der Waals surface area (Å²) in [4.78, 5) is 13.6. The van der Waals surface area contributed by atoms with E-state index in [4.69, 9.17) is 11.0 Å². The molecule has 0 fully saturated rings. The molecular formula is C15H19N3O2. The number of hydrogen-bond donors (Lipinski definition) is 1. The number of nitriles is 1. The van der Waals surface area contributed by atoms with E-state index in [9.17, 15) is 4.79 Å². The highest BCUT2D eigenvalue weighted by Crippen LogP contribution is 2.19. The van der Waals surface area contributed by atoms with E-state index in [2.05, 4.69) is 23.5 Å². The highest BCUT2D eigenvalue weighted by atomic mass is 16.5. The van der Waals surface area contributed by atoms with Crippen molar-refractivity contribution in [2.75, 3.05) is 25.1 Å². The number of anilines is 1.